The Hall–Kier alpha value is -3.19. The Morgan fingerprint density at radius 1 is 1.07 bits per heavy atom. The number of esters is 1. The Kier molecular flexibility index (Phi) is 5.83. The van der Waals surface area contributed by atoms with Crippen LogP contribution in [0.2, 0.25) is 0 Å². The van der Waals surface area contributed by atoms with Crippen molar-refractivity contribution in [3.63, 3.8) is 0 Å². The topological polar surface area (TPSA) is 77.5 Å². The highest BCUT2D eigenvalue weighted by atomic mass is 32.1. The van der Waals surface area contributed by atoms with E-state index in [1.165, 1.54) is 18.4 Å². The molecule has 3 rings (SSSR count). The van der Waals surface area contributed by atoms with Gasteiger partial charge in [0, 0.05) is 16.0 Å². The Labute approximate surface area is 160 Å². The van der Waals surface area contributed by atoms with Gasteiger partial charge in [-0.05, 0) is 18.2 Å². The fraction of sp³-hybridized carbons (Fsp3) is 0.150. The van der Waals surface area contributed by atoms with Crippen molar-refractivity contribution in [2.24, 2.45) is 0 Å². The minimum absolute atomic E-state index is 0.0907. The monoisotopic (exact) mass is 382 g/mol. The summed E-state index contributed by atoms with van der Waals surface area (Å²) in [6.45, 7) is 0. The van der Waals surface area contributed by atoms with E-state index in [0.29, 0.717) is 22.1 Å². The van der Waals surface area contributed by atoms with Gasteiger partial charge in [0.05, 0.1) is 26.3 Å². The van der Waals surface area contributed by atoms with Gasteiger partial charge in [-0.2, -0.15) is 0 Å². The summed E-state index contributed by atoms with van der Waals surface area (Å²) in [5, 5.41) is 3.21. The summed E-state index contributed by atoms with van der Waals surface area (Å²) < 4.78 is 9.92. The summed E-state index contributed by atoms with van der Waals surface area (Å²) in [6.07, 6.45) is 0.0907. The maximum absolute atomic E-state index is 12.5. The fourth-order valence-electron chi connectivity index (χ4n) is 2.48. The van der Waals surface area contributed by atoms with Crippen LogP contribution in [0.4, 0.5) is 5.13 Å². The molecule has 0 bridgehead atoms. The standard InChI is InChI=1S/C20H18N2O4S/c1-25-15-10-6-9-14(11-15)19(24)22-20-21-18(13-7-4-3-5-8-13)16(27-20)12-17(23)26-2/h3-11H,12H2,1-2H3,(H,21,22,24). The maximum atomic E-state index is 12.5. The normalized spacial score (nSPS) is 10.3. The van der Waals surface area contributed by atoms with Crippen molar-refractivity contribution in [2.45, 2.75) is 6.42 Å². The van der Waals surface area contributed by atoms with Gasteiger partial charge in [0.2, 0.25) is 0 Å². The quantitative estimate of drug-likeness (QED) is 0.657. The Morgan fingerprint density at radius 2 is 1.85 bits per heavy atom. The lowest BCUT2D eigenvalue weighted by Gasteiger charge is -2.04. The van der Waals surface area contributed by atoms with Crippen LogP contribution < -0.4 is 10.1 Å². The highest BCUT2D eigenvalue weighted by Gasteiger charge is 2.18. The van der Waals surface area contributed by atoms with Crippen molar-refractivity contribution in [3.05, 3.63) is 65.0 Å². The molecule has 3 aromatic rings. The van der Waals surface area contributed by atoms with Gasteiger partial charge in [-0.25, -0.2) is 4.98 Å². The first kappa shape index (κ1) is 18.6. The van der Waals surface area contributed by atoms with Crippen molar-refractivity contribution >= 4 is 28.3 Å². The molecule has 7 heteroatoms. The molecule has 0 saturated heterocycles. The molecule has 1 amide bonds. The first-order valence-electron chi connectivity index (χ1n) is 8.18. The molecule has 27 heavy (non-hydrogen) atoms. The Bertz CT molecular complexity index is 954. The number of nitrogens with zero attached hydrogens (tertiary/aromatic N) is 1. The molecular formula is C20H18N2O4S. The van der Waals surface area contributed by atoms with Crippen molar-refractivity contribution in [3.8, 4) is 17.0 Å². The van der Waals surface area contributed by atoms with E-state index < -0.39 is 0 Å². The third kappa shape index (κ3) is 4.51. The van der Waals surface area contributed by atoms with Gasteiger partial charge in [0.25, 0.3) is 5.91 Å². The zero-order chi connectivity index (χ0) is 19.2. The summed E-state index contributed by atoms with van der Waals surface area (Å²) in [7, 11) is 2.89. The largest absolute Gasteiger partial charge is 0.497 e. The third-order valence-electron chi connectivity index (χ3n) is 3.83. The van der Waals surface area contributed by atoms with Crippen molar-refractivity contribution in [1.29, 1.82) is 0 Å². The maximum Gasteiger partial charge on any atom is 0.310 e. The zero-order valence-electron chi connectivity index (χ0n) is 14.9. The summed E-state index contributed by atoms with van der Waals surface area (Å²) >= 11 is 1.26. The lowest BCUT2D eigenvalue weighted by atomic mass is 10.1. The summed E-state index contributed by atoms with van der Waals surface area (Å²) in [5.74, 6) is -0.0634. The molecule has 0 saturated carbocycles. The number of nitrogens with one attached hydrogen (secondary N) is 1. The molecule has 0 aliphatic rings. The molecule has 0 radical (unpaired) electrons. The van der Waals surface area contributed by atoms with Crippen LogP contribution >= 0.6 is 11.3 Å². The Morgan fingerprint density at radius 3 is 2.56 bits per heavy atom. The van der Waals surface area contributed by atoms with E-state index in [1.807, 2.05) is 30.3 Å². The van der Waals surface area contributed by atoms with Crippen LogP contribution in [0.5, 0.6) is 5.75 Å². The van der Waals surface area contributed by atoms with Gasteiger partial charge in [-0.3, -0.25) is 14.9 Å². The van der Waals surface area contributed by atoms with Crippen LogP contribution in [-0.2, 0) is 16.0 Å². The number of carbonyl (C=O) groups is 2. The molecule has 0 fully saturated rings. The predicted molar refractivity (Wildman–Crippen MR) is 104 cm³/mol. The number of methoxy groups -OCH3 is 2. The van der Waals surface area contributed by atoms with Gasteiger partial charge < -0.3 is 9.47 Å². The van der Waals surface area contributed by atoms with E-state index in [4.69, 9.17) is 9.47 Å². The summed E-state index contributed by atoms with van der Waals surface area (Å²) in [4.78, 5) is 29.5. The number of aromatic nitrogens is 1. The van der Waals surface area contributed by atoms with E-state index >= 15 is 0 Å². The summed E-state index contributed by atoms with van der Waals surface area (Å²) in [6, 6.07) is 16.4. The fourth-order valence-corrected chi connectivity index (χ4v) is 3.45. The molecule has 0 aliphatic heterocycles. The van der Waals surface area contributed by atoms with E-state index in [0.717, 1.165) is 10.4 Å². The number of carbonyl (C=O) groups excluding carboxylic acids is 2. The van der Waals surface area contributed by atoms with Gasteiger partial charge in [0.15, 0.2) is 5.13 Å². The number of anilines is 1. The molecule has 138 valence electrons. The van der Waals surface area contributed by atoms with Crippen molar-refractivity contribution < 1.29 is 19.1 Å². The third-order valence-corrected chi connectivity index (χ3v) is 4.80. The number of hydrogen-bond donors (Lipinski definition) is 1. The van der Waals surface area contributed by atoms with Crippen molar-refractivity contribution in [1.82, 2.24) is 4.98 Å². The first-order chi connectivity index (χ1) is 13.1. The molecule has 0 unspecified atom stereocenters. The molecule has 0 atom stereocenters. The lowest BCUT2D eigenvalue weighted by molar-refractivity contribution is -0.139. The van der Waals surface area contributed by atoms with Crippen LogP contribution in [-0.4, -0.2) is 31.1 Å². The SMILES string of the molecule is COC(=O)Cc1sc(NC(=O)c2cccc(OC)c2)nc1-c1ccccc1. The van der Waals surface area contributed by atoms with E-state index in [9.17, 15) is 9.59 Å². The van der Waals surface area contributed by atoms with E-state index in [-0.39, 0.29) is 18.3 Å². The number of rotatable bonds is 6. The van der Waals surface area contributed by atoms with Crippen LogP contribution in [0.25, 0.3) is 11.3 Å². The number of hydrogen-bond acceptors (Lipinski definition) is 6. The number of thiazole rings is 1. The second kappa shape index (κ2) is 8.46. The van der Waals surface area contributed by atoms with Crippen LogP contribution in [0, 0.1) is 0 Å². The second-order valence-corrected chi connectivity index (χ2v) is 6.68. The average molecular weight is 382 g/mol. The van der Waals surface area contributed by atoms with Gasteiger partial charge in [0.1, 0.15) is 5.75 Å². The molecular weight excluding hydrogens is 364 g/mol. The molecule has 1 heterocycles. The second-order valence-electron chi connectivity index (χ2n) is 5.60. The first-order valence-corrected chi connectivity index (χ1v) is 8.99. The Balaban J connectivity index is 1.89. The van der Waals surface area contributed by atoms with Gasteiger partial charge in [-0.15, -0.1) is 11.3 Å². The molecule has 0 aliphatic carbocycles. The van der Waals surface area contributed by atoms with Crippen LogP contribution in [0.15, 0.2) is 54.6 Å². The van der Waals surface area contributed by atoms with Crippen LogP contribution in [0.1, 0.15) is 15.2 Å². The average Bonchev–Trinajstić information content (AvgIpc) is 3.10. The van der Waals surface area contributed by atoms with Crippen LogP contribution in [0.3, 0.4) is 0 Å². The number of benzene rings is 2. The molecule has 1 N–H and O–H groups in total. The molecule has 1 aromatic heterocycles. The molecule has 0 spiro atoms. The van der Waals surface area contributed by atoms with Gasteiger partial charge in [-0.1, -0.05) is 36.4 Å². The van der Waals surface area contributed by atoms with Gasteiger partial charge >= 0.3 is 5.97 Å². The van der Waals surface area contributed by atoms with Crippen molar-refractivity contribution in [2.75, 3.05) is 19.5 Å². The lowest BCUT2D eigenvalue weighted by Crippen LogP contribution is -2.11. The molecule has 2 aromatic carbocycles. The number of ether oxygens (including phenoxy) is 2. The smallest absolute Gasteiger partial charge is 0.310 e. The summed E-state index contributed by atoms with van der Waals surface area (Å²) in [5.41, 5.74) is 1.99. The van der Waals surface area contributed by atoms with E-state index in [1.54, 1.807) is 31.4 Å². The molecule has 6 nitrogen and oxygen atoms in total. The highest BCUT2D eigenvalue weighted by molar-refractivity contribution is 7.16. The van der Waals surface area contributed by atoms with E-state index in [2.05, 4.69) is 10.3 Å². The zero-order valence-corrected chi connectivity index (χ0v) is 15.7. The minimum atomic E-state index is -0.360. The predicted octanol–water partition coefficient (Wildman–Crippen LogP) is 3.79. The minimum Gasteiger partial charge on any atom is -0.497 e. The highest BCUT2D eigenvalue weighted by Crippen LogP contribution is 2.32. The number of amides is 1.